The highest BCUT2D eigenvalue weighted by atomic mass is 35.5. The lowest BCUT2D eigenvalue weighted by Crippen LogP contribution is -2.49. The van der Waals surface area contributed by atoms with Crippen molar-refractivity contribution in [1.82, 2.24) is 10.2 Å². The van der Waals surface area contributed by atoms with Crippen molar-refractivity contribution in [2.24, 2.45) is 0 Å². The Labute approximate surface area is 187 Å². The third-order valence-electron chi connectivity index (χ3n) is 4.33. The summed E-state index contributed by atoms with van der Waals surface area (Å²) in [5.41, 5.74) is 1.79. The molecule has 1 unspecified atom stereocenters. The Morgan fingerprint density at radius 3 is 2.21 bits per heavy atom. The summed E-state index contributed by atoms with van der Waals surface area (Å²) in [7, 11) is 0. The van der Waals surface area contributed by atoms with Gasteiger partial charge >= 0.3 is 0 Å². The molecule has 0 aromatic heterocycles. The first-order valence-corrected chi connectivity index (χ1v) is 11.3. The van der Waals surface area contributed by atoms with E-state index in [0.717, 1.165) is 11.3 Å². The van der Waals surface area contributed by atoms with Crippen molar-refractivity contribution in [2.75, 3.05) is 5.75 Å². The second kappa shape index (κ2) is 11.5. The van der Waals surface area contributed by atoms with Gasteiger partial charge in [-0.05, 0) is 38.5 Å². The van der Waals surface area contributed by atoms with Gasteiger partial charge in [0, 0.05) is 33.9 Å². The van der Waals surface area contributed by atoms with Crippen LogP contribution in [0.25, 0.3) is 0 Å². The van der Waals surface area contributed by atoms with Crippen molar-refractivity contribution in [1.29, 1.82) is 0 Å². The summed E-state index contributed by atoms with van der Waals surface area (Å²) < 4.78 is 0. The van der Waals surface area contributed by atoms with Crippen LogP contribution in [0, 0.1) is 0 Å². The van der Waals surface area contributed by atoms with E-state index in [-0.39, 0.29) is 30.2 Å². The first kappa shape index (κ1) is 23.6. The molecule has 0 aliphatic rings. The molecule has 2 aromatic carbocycles. The average molecular weight is 453 g/mol. The van der Waals surface area contributed by atoms with Gasteiger partial charge in [-0.3, -0.25) is 9.59 Å². The minimum atomic E-state index is -0.644. The topological polar surface area (TPSA) is 49.4 Å². The molecule has 4 nitrogen and oxygen atoms in total. The number of hydrogen-bond donors (Lipinski definition) is 1. The molecular weight excluding hydrogens is 427 g/mol. The van der Waals surface area contributed by atoms with Crippen molar-refractivity contribution in [3.63, 3.8) is 0 Å². The maximum Gasteiger partial charge on any atom is 0.242 e. The minimum absolute atomic E-state index is 0.0155. The first-order valence-electron chi connectivity index (χ1n) is 9.44. The smallest absolute Gasteiger partial charge is 0.242 e. The zero-order chi connectivity index (χ0) is 21.4. The molecule has 2 aromatic rings. The summed E-state index contributed by atoms with van der Waals surface area (Å²) in [6.07, 6.45) is 0. The molecule has 0 saturated carbocycles. The van der Waals surface area contributed by atoms with E-state index in [1.54, 1.807) is 30.0 Å². The van der Waals surface area contributed by atoms with Crippen molar-refractivity contribution < 1.29 is 9.59 Å². The normalized spacial score (nSPS) is 11.9. The Morgan fingerprint density at radius 2 is 1.62 bits per heavy atom. The standard InChI is InChI=1S/C22H26Cl2N2O2S/c1-15(2)25-22(28)16(3)26(12-18-19(23)10-7-11-20(18)24)21(27)14-29-13-17-8-5-4-6-9-17/h4-11,15-16H,12-14H2,1-3H3,(H,25,28). The van der Waals surface area contributed by atoms with Gasteiger partial charge in [0.2, 0.25) is 11.8 Å². The number of rotatable bonds is 9. The molecule has 0 heterocycles. The molecule has 2 rings (SSSR count). The van der Waals surface area contributed by atoms with Crippen molar-refractivity contribution in [3.8, 4) is 0 Å². The Bertz CT molecular complexity index is 811. The van der Waals surface area contributed by atoms with E-state index in [9.17, 15) is 9.59 Å². The number of thioether (sulfide) groups is 1. The monoisotopic (exact) mass is 452 g/mol. The van der Waals surface area contributed by atoms with Crippen LogP contribution in [0.1, 0.15) is 31.9 Å². The third kappa shape index (κ3) is 7.25. The van der Waals surface area contributed by atoms with Gasteiger partial charge in [0.15, 0.2) is 0 Å². The van der Waals surface area contributed by atoms with Crippen LogP contribution >= 0.6 is 35.0 Å². The van der Waals surface area contributed by atoms with E-state index in [0.29, 0.717) is 15.6 Å². The number of carbonyl (C=O) groups is 2. The van der Waals surface area contributed by atoms with Crippen LogP contribution in [-0.2, 0) is 21.9 Å². The van der Waals surface area contributed by atoms with Gasteiger partial charge in [-0.25, -0.2) is 0 Å². The molecule has 0 spiro atoms. The molecule has 0 bridgehead atoms. The fourth-order valence-electron chi connectivity index (χ4n) is 2.75. The largest absolute Gasteiger partial charge is 0.352 e. The predicted molar refractivity (Wildman–Crippen MR) is 122 cm³/mol. The summed E-state index contributed by atoms with van der Waals surface area (Å²) in [5, 5.41) is 3.82. The number of amides is 2. The summed E-state index contributed by atoms with van der Waals surface area (Å²) in [6.45, 7) is 5.67. The lowest BCUT2D eigenvalue weighted by atomic mass is 10.1. The average Bonchev–Trinajstić information content (AvgIpc) is 2.67. The van der Waals surface area contributed by atoms with Gasteiger partial charge in [-0.2, -0.15) is 0 Å². The quantitative estimate of drug-likeness (QED) is 0.570. The van der Waals surface area contributed by atoms with E-state index in [4.69, 9.17) is 23.2 Å². The number of halogens is 2. The van der Waals surface area contributed by atoms with Crippen LogP contribution in [0.3, 0.4) is 0 Å². The molecule has 1 atom stereocenters. The van der Waals surface area contributed by atoms with Crippen LogP contribution in [0.5, 0.6) is 0 Å². The molecule has 0 aliphatic heterocycles. The van der Waals surface area contributed by atoms with Crippen molar-refractivity contribution in [2.45, 2.75) is 45.2 Å². The summed E-state index contributed by atoms with van der Waals surface area (Å²) in [4.78, 5) is 27.2. The van der Waals surface area contributed by atoms with Crippen LogP contribution in [0.15, 0.2) is 48.5 Å². The zero-order valence-corrected chi connectivity index (χ0v) is 19.2. The fraction of sp³-hybridized carbons (Fsp3) is 0.364. The number of carbonyl (C=O) groups excluding carboxylic acids is 2. The Kier molecular flexibility index (Phi) is 9.34. The molecule has 29 heavy (non-hydrogen) atoms. The molecule has 0 aliphatic carbocycles. The molecular formula is C22H26Cl2N2O2S. The number of hydrogen-bond acceptors (Lipinski definition) is 3. The highest BCUT2D eigenvalue weighted by molar-refractivity contribution is 7.99. The molecule has 0 radical (unpaired) electrons. The molecule has 156 valence electrons. The van der Waals surface area contributed by atoms with Gasteiger partial charge in [0.05, 0.1) is 5.75 Å². The van der Waals surface area contributed by atoms with E-state index in [2.05, 4.69) is 5.32 Å². The highest BCUT2D eigenvalue weighted by Gasteiger charge is 2.27. The summed E-state index contributed by atoms with van der Waals surface area (Å²) in [6, 6.07) is 14.5. The zero-order valence-electron chi connectivity index (χ0n) is 16.8. The minimum Gasteiger partial charge on any atom is -0.352 e. The predicted octanol–water partition coefficient (Wildman–Crippen LogP) is 5.17. The maximum atomic E-state index is 13.0. The third-order valence-corrected chi connectivity index (χ3v) is 6.02. The van der Waals surface area contributed by atoms with Gasteiger partial charge in [-0.15, -0.1) is 11.8 Å². The Hall–Kier alpha value is -1.69. The van der Waals surface area contributed by atoms with E-state index < -0.39 is 6.04 Å². The second-order valence-corrected chi connectivity index (χ2v) is 8.84. The maximum absolute atomic E-state index is 13.0. The lowest BCUT2D eigenvalue weighted by Gasteiger charge is -2.30. The van der Waals surface area contributed by atoms with Crippen molar-refractivity contribution in [3.05, 3.63) is 69.7 Å². The summed E-state index contributed by atoms with van der Waals surface area (Å²) >= 11 is 14.1. The SMILES string of the molecule is CC(C)NC(=O)C(C)N(Cc1c(Cl)cccc1Cl)C(=O)CSCc1ccccc1. The molecule has 1 N–H and O–H groups in total. The molecule has 2 amide bonds. The lowest BCUT2D eigenvalue weighted by molar-refractivity contribution is -0.138. The van der Waals surface area contributed by atoms with Gasteiger partial charge < -0.3 is 10.2 Å². The fourth-order valence-corrected chi connectivity index (χ4v) is 4.14. The van der Waals surface area contributed by atoms with Crippen LogP contribution in [0.2, 0.25) is 10.0 Å². The number of nitrogens with one attached hydrogen (secondary N) is 1. The first-order chi connectivity index (χ1) is 13.8. The van der Waals surface area contributed by atoms with Crippen LogP contribution < -0.4 is 5.32 Å². The Morgan fingerprint density at radius 1 is 1.00 bits per heavy atom. The van der Waals surface area contributed by atoms with Crippen LogP contribution in [0.4, 0.5) is 0 Å². The van der Waals surface area contributed by atoms with Gasteiger partial charge in [-0.1, -0.05) is 59.6 Å². The van der Waals surface area contributed by atoms with Crippen molar-refractivity contribution >= 4 is 46.8 Å². The van der Waals surface area contributed by atoms with E-state index in [1.165, 1.54) is 11.8 Å². The molecule has 0 fully saturated rings. The highest BCUT2D eigenvalue weighted by Crippen LogP contribution is 2.27. The summed E-state index contributed by atoms with van der Waals surface area (Å²) in [5.74, 6) is 0.647. The van der Waals surface area contributed by atoms with Gasteiger partial charge in [0.25, 0.3) is 0 Å². The molecule has 0 saturated heterocycles. The van der Waals surface area contributed by atoms with Gasteiger partial charge in [0.1, 0.15) is 6.04 Å². The number of benzene rings is 2. The van der Waals surface area contributed by atoms with E-state index >= 15 is 0 Å². The molecule has 7 heteroatoms. The number of nitrogens with zero attached hydrogens (tertiary/aromatic N) is 1. The van der Waals surface area contributed by atoms with Crippen LogP contribution in [-0.4, -0.2) is 34.6 Å². The second-order valence-electron chi connectivity index (χ2n) is 7.04. The Balaban J connectivity index is 2.14. The van der Waals surface area contributed by atoms with E-state index in [1.807, 2.05) is 44.2 Å².